The average Bonchev–Trinajstić information content (AvgIpc) is 3.34. The highest BCUT2D eigenvalue weighted by atomic mass is 32.2. The van der Waals surface area contributed by atoms with Crippen LogP contribution in [0, 0.1) is 0 Å². The molecule has 0 N–H and O–H groups in total. The summed E-state index contributed by atoms with van der Waals surface area (Å²) in [6.45, 7) is 4.40. The van der Waals surface area contributed by atoms with Crippen molar-refractivity contribution in [3.63, 3.8) is 0 Å². The second-order valence-corrected chi connectivity index (χ2v) is 9.96. The van der Waals surface area contributed by atoms with Crippen LogP contribution in [0.2, 0.25) is 0 Å². The van der Waals surface area contributed by atoms with Gasteiger partial charge >= 0.3 is 23.9 Å². The summed E-state index contributed by atoms with van der Waals surface area (Å²) in [5.41, 5.74) is 0.412. The summed E-state index contributed by atoms with van der Waals surface area (Å²) in [5, 5.41) is 9.13. The largest absolute Gasteiger partial charge is 0.463 e. The first kappa shape index (κ1) is 29.7. The van der Waals surface area contributed by atoms with Gasteiger partial charge in [-0.3, -0.25) is 28.7 Å². The number of aromatic nitrogens is 4. The number of carbonyl (C=O) groups excluding carboxylic acids is 4. The second-order valence-electron chi connectivity index (χ2n) is 8.90. The van der Waals surface area contributed by atoms with Crippen molar-refractivity contribution in [3.05, 3.63) is 54.9 Å². The lowest BCUT2D eigenvalue weighted by atomic mass is 9.99. The topological polar surface area (TPSA) is 158 Å². The van der Waals surface area contributed by atoms with Gasteiger partial charge in [-0.15, -0.1) is 10.2 Å². The molecule has 5 atom stereocenters. The first-order chi connectivity index (χ1) is 19.6. The Balaban J connectivity index is 1.79. The molecule has 14 heteroatoms. The van der Waals surface area contributed by atoms with E-state index >= 15 is 0 Å². The smallest absolute Gasteiger partial charge is 0.303 e. The van der Waals surface area contributed by atoms with E-state index in [1.807, 2.05) is 30.3 Å². The quantitative estimate of drug-likeness (QED) is 0.267. The summed E-state index contributed by atoms with van der Waals surface area (Å²) in [7, 11) is 0. The summed E-state index contributed by atoms with van der Waals surface area (Å²) in [6, 6.07) is 12.9. The molecular formula is C27H28N4O9S. The molecule has 3 heterocycles. The van der Waals surface area contributed by atoms with E-state index in [1.165, 1.54) is 27.7 Å². The van der Waals surface area contributed by atoms with Crippen LogP contribution in [0.25, 0.3) is 17.1 Å². The van der Waals surface area contributed by atoms with Crippen molar-refractivity contribution in [2.45, 2.75) is 62.7 Å². The number of benzene rings is 1. The molecule has 216 valence electrons. The average molecular weight is 585 g/mol. The van der Waals surface area contributed by atoms with Gasteiger partial charge in [0.15, 0.2) is 34.7 Å². The second kappa shape index (κ2) is 13.4. The molecule has 0 bridgehead atoms. The number of hydrogen-bond acceptors (Lipinski definition) is 13. The molecule has 2 aromatic heterocycles. The maximum absolute atomic E-state index is 12.2. The van der Waals surface area contributed by atoms with E-state index in [1.54, 1.807) is 29.1 Å². The number of para-hydroxylation sites is 1. The predicted molar refractivity (Wildman–Crippen MR) is 142 cm³/mol. The fourth-order valence-electron chi connectivity index (χ4n) is 4.23. The molecular weight excluding hydrogens is 556 g/mol. The van der Waals surface area contributed by atoms with Crippen LogP contribution in [0.5, 0.6) is 0 Å². The van der Waals surface area contributed by atoms with Crippen LogP contribution >= 0.6 is 11.8 Å². The Morgan fingerprint density at radius 3 is 2.02 bits per heavy atom. The van der Waals surface area contributed by atoms with E-state index in [-0.39, 0.29) is 6.61 Å². The number of ether oxygens (including phenoxy) is 5. The van der Waals surface area contributed by atoms with Crippen LogP contribution in [0.15, 0.2) is 60.0 Å². The third-order valence-corrected chi connectivity index (χ3v) is 6.84. The van der Waals surface area contributed by atoms with Crippen LogP contribution < -0.4 is 0 Å². The fraction of sp³-hybridized carbons (Fsp3) is 0.370. The summed E-state index contributed by atoms with van der Waals surface area (Å²) < 4.78 is 29.7. The molecule has 3 aromatic rings. The van der Waals surface area contributed by atoms with E-state index in [9.17, 15) is 19.2 Å². The van der Waals surface area contributed by atoms with Gasteiger partial charge in [0.25, 0.3) is 0 Å². The summed E-state index contributed by atoms with van der Waals surface area (Å²) in [4.78, 5) is 52.0. The third kappa shape index (κ3) is 7.46. The standard InChI is InChI=1S/C27H28N4O9S/c1-15(32)36-14-21-22(37-16(2)33)23(38-17(3)34)24(39-18(4)35)26(40-21)41-27-30-29-25(19-10-12-28-13-11-19)31(27)20-8-6-5-7-9-20/h5-13,21-24,26H,14H2,1-4H3/t21-,22+,23+,24-,26+/m1/s1. The summed E-state index contributed by atoms with van der Waals surface area (Å²) in [5.74, 6) is -2.21. The Labute approximate surface area is 239 Å². The molecule has 0 radical (unpaired) electrons. The van der Waals surface area contributed by atoms with Crippen molar-refractivity contribution >= 4 is 35.6 Å². The molecule has 1 aromatic carbocycles. The molecule has 0 spiro atoms. The van der Waals surface area contributed by atoms with Gasteiger partial charge in [-0.25, -0.2) is 0 Å². The first-order valence-corrected chi connectivity index (χ1v) is 13.4. The highest BCUT2D eigenvalue weighted by Gasteiger charge is 2.53. The lowest BCUT2D eigenvalue weighted by molar-refractivity contribution is -0.237. The van der Waals surface area contributed by atoms with Gasteiger partial charge in [0.1, 0.15) is 12.7 Å². The van der Waals surface area contributed by atoms with Crippen molar-refractivity contribution in [1.82, 2.24) is 19.7 Å². The van der Waals surface area contributed by atoms with E-state index in [0.29, 0.717) is 11.0 Å². The van der Waals surface area contributed by atoms with Gasteiger partial charge in [-0.05, 0) is 36.0 Å². The molecule has 41 heavy (non-hydrogen) atoms. The van der Waals surface area contributed by atoms with Gasteiger partial charge < -0.3 is 23.7 Å². The number of nitrogens with zero attached hydrogens (tertiary/aromatic N) is 4. The molecule has 1 fully saturated rings. The minimum atomic E-state index is -1.29. The van der Waals surface area contributed by atoms with Gasteiger partial charge in [0.2, 0.25) is 0 Å². The van der Waals surface area contributed by atoms with E-state index < -0.39 is 53.7 Å². The molecule has 1 saturated heterocycles. The number of hydrogen-bond donors (Lipinski definition) is 0. The van der Waals surface area contributed by atoms with Crippen LogP contribution in [-0.2, 0) is 42.9 Å². The van der Waals surface area contributed by atoms with Crippen molar-refractivity contribution in [3.8, 4) is 17.1 Å². The van der Waals surface area contributed by atoms with Crippen LogP contribution in [0.3, 0.4) is 0 Å². The predicted octanol–water partition coefficient (Wildman–Crippen LogP) is 2.50. The third-order valence-electron chi connectivity index (χ3n) is 5.76. The lowest BCUT2D eigenvalue weighted by Crippen LogP contribution is -2.61. The number of rotatable bonds is 9. The molecule has 0 unspecified atom stereocenters. The Morgan fingerprint density at radius 1 is 0.805 bits per heavy atom. The molecule has 13 nitrogen and oxygen atoms in total. The van der Waals surface area contributed by atoms with Gasteiger partial charge in [0, 0.05) is 51.3 Å². The monoisotopic (exact) mass is 584 g/mol. The zero-order chi connectivity index (χ0) is 29.5. The Morgan fingerprint density at radius 2 is 1.41 bits per heavy atom. The minimum Gasteiger partial charge on any atom is -0.463 e. The van der Waals surface area contributed by atoms with Gasteiger partial charge in [-0.1, -0.05) is 18.2 Å². The Bertz CT molecular complexity index is 1390. The van der Waals surface area contributed by atoms with Crippen molar-refractivity contribution in [1.29, 1.82) is 0 Å². The molecule has 4 rings (SSSR count). The Hall–Kier alpha value is -4.30. The number of esters is 4. The lowest BCUT2D eigenvalue weighted by Gasteiger charge is -2.43. The maximum Gasteiger partial charge on any atom is 0.303 e. The Kier molecular flexibility index (Phi) is 9.68. The van der Waals surface area contributed by atoms with E-state index in [2.05, 4.69) is 15.2 Å². The van der Waals surface area contributed by atoms with Crippen LogP contribution in [0.4, 0.5) is 0 Å². The summed E-state index contributed by atoms with van der Waals surface area (Å²) in [6.07, 6.45) is -1.61. The number of carbonyl (C=O) groups is 4. The molecule has 1 aliphatic heterocycles. The molecule has 0 aliphatic carbocycles. The normalized spacial score (nSPS) is 21.9. The highest BCUT2D eigenvalue weighted by molar-refractivity contribution is 7.99. The van der Waals surface area contributed by atoms with Crippen molar-refractivity contribution in [2.75, 3.05) is 6.61 Å². The van der Waals surface area contributed by atoms with Gasteiger partial charge in [-0.2, -0.15) is 0 Å². The number of pyridine rings is 1. The SMILES string of the molecule is CC(=O)OC[C@H]1O[C@@H](Sc2nnc(-c3ccncc3)n2-c2ccccc2)[C@H](OC(C)=O)[C@@H](OC(C)=O)[C@H]1OC(C)=O. The number of thioether (sulfide) groups is 1. The van der Waals surface area contributed by atoms with Crippen LogP contribution in [0.1, 0.15) is 27.7 Å². The molecule has 1 aliphatic rings. The first-order valence-electron chi connectivity index (χ1n) is 12.5. The van der Waals surface area contributed by atoms with Gasteiger partial charge in [0.05, 0.1) is 0 Å². The zero-order valence-electron chi connectivity index (χ0n) is 22.7. The summed E-state index contributed by atoms with van der Waals surface area (Å²) >= 11 is 1.04. The molecule has 0 saturated carbocycles. The van der Waals surface area contributed by atoms with Crippen molar-refractivity contribution < 1.29 is 42.9 Å². The molecule has 0 amide bonds. The minimum absolute atomic E-state index is 0.331. The van der Waals surface area contributed by atoms with E-state index in [4.69, 9.17) is 23.7 Å². The van der Waals surface area contributed by atoms with Crippen LogP contribution in [-0.4, -0.2) is 80.1 Å². The van der Waals surface area contributed by atoms with Crippen molar-refractivity contribution in [2.24, 2.45) is 0 Å². The highest BCUT2D eigenvalue weighted by Crippen LogP contribution is 2.39. The van der Waals surface area contributed by atoms with E-state index in [0.717, 1.165) is 23.0 Å². The fourth-order valence-corrected chi connectivity index (χ4v) is 5.37. The zero-order valence-corrected chi connectivity index (χ0v) is 23.5. The maximum atomic E-state index is 12.2.